The lowest BCUT2D eigenvalue weighted by Crippen LogP contribution is -2.33. The van der Waals surface area contributed by atoms with Crippen molar-refractivity contribution in [3.8, 4) is 0 Å². The number of amides is 2. The van der Waals surface area contributed by atoms with Crippen LogP contribution >= 0.6 is 0 Å². The van der Waals surface area contributed by atoms with E-state index in [-0.39, 0.29) is 23.7 Å². The first kappa shape index (κ1) is 14.0. The monoisotopic (exact) mass is 284 g/mol. The molecule has 0 bridgehead atoms. The van der Waals surface area contributed by atoms with Gasteiger partial charge in [0.05, 0.1) is 5.71 Å². The van der Waals surface area contributed by atoms with E-state index < -0.39 is 0 Å². The van der Waals surface area contributed by atoms with Gasteiger partial charge in [0.2, 0.25) is 11.8 Å². The number of carbonyl (C=O) groups excluding carboxylic acids is 2. The number of hydrogen-bond acceptors (Lipinski definition) is 2. The molecule has 0 saturated heterocycles. The molecule has 4 heteroatoms. The largest absolute Gasteiger partial charge is 0.325 e. The molecule has 0 aromatic carbocycles. The quantitative estimate of drug-likeness (QED) is 0.847. The Balaban J connectivity index is 1.81. The molecule has 1 heterocycles. The van der Waals surface area contributed by atoms with Crippen molar-refractivity contribution in [1.82, 2.24) is 5.32 Å². The number of allylic oxidation sites excluding steroid dienone is 3. The van der Waals surface area contributed by atoms with E-state index in [4.69, 9.17) is 0 Å². The molecule has 1 atom stereocenters. The third-order valence-electron chi connectivity index (χ3n) is 4.43. The van der Waals surface area contributed by atoms with Gasteiger partial charge in [0.1, 0.15) is 0 Å². The Bertz CT molecular complexity index is 590. The summed E-state index contributed by atoms with van der Waals surface area (Å²) >= 11 is 0. The Kier molecular flexibility index (Phi) is 3.86. The van der Waals surface area contributed by atoms with E-state index in [0.717, 1.165) is 43.4 Å². The van der Waals surface area contributed by atoms with Crippen LogP contribution in [0.5, 0.6) is 0 Å². The maximum Gasteiger partial charge on any atom is 0.249 e. The molecule has 3 rings (SSSR count). The molecule has 1 N–H and O–H groups in total. The molecule has 4 nitrogen and oxygen atoms in total. The van der Waals surface area contributed by atoms with E-state index in [1.807, 2.05) is 25.2 Å². The Morgan fingerprint density at radius 1 is 1.33 bits per heavy atom. The van der Waals surface area contributed by atoms with Gasteiger partial charge in [-0.05, 0) is 31.4 Å². The molecule has 0 aromatic heterocycles. The van der Waals surface area contributed by atoms with E-state index in [0.29, 0.717) is 5.71 Å². The number of aliphatic imine (C=N–C) groups is 1. The molecule has 0 spiro atoms. The highest BCUT2D eigenvalue weighted by atomic mass is 16.2. The van der Waals surface area contributed by atoms with Gasteiger partial charge >= 0.3 is 0 Å². The molecular formula is C17H20N2O2. The molecule has 2 amide bonds. The van der Waals surface area contributed by atoms with Crippen LogP contribution in [0.2, 0.25) is 0 Å². The number of hydrogen-bond donors (Lipinski definition) is 1. The predicted octanol–water partition coefficient (Wildman–Crippen LogP) is 2.68. The van der Waals surface area contributed by atoms with Crippen LogP contribution in [-0.2, 0) is 9.59 Å². The Labute approximate surface area is 124 Å². The molecule has 0 radical (unpaired) electrons. The van der Waals surface area contributed by atoms with Crippen LogP contribution in [-0.4, -0.2) is 17.5 Å². The van der Waals surface area contributed by atoms with Crippen molar-refractivity contribution in [2.45, 2.75) is 39.0 Å². The zero-order valence-corrected chi connectivity index (χ0v) is 12.3. The van der Waals surface area contributed by atoms with Crippen molar-refractivity contribution in [3.05, 3.63) is 35.6 Å². The third-order valence-corrected chi connectivity index (χ3v) is 4.43. The first-order valence-electron chi connectivity index (χ1n) is 7.71. The fraction of sp³-hybridized carbons (Fsp3) is 0.471. The number of nitrogens with zero attached hydrogens (tertiary/aromatic N) is 1. The molecule has 110 valence electrons. The summed E-state index contributed by atoms with van der Waals surface area (Å²) in [6.45, 7) is 2.04. The lowest BCUT2D eigenvalue weighted by atomic mass is 9.86. The van der Waals surface area contributed by atoms with Gasteiger partial charge in [-0.1, -0.05) is 31.4 Å². The van der Waals surface area contributed by atoms with Crippen molar-refractivity contribution in [2.75, 3.05) is 0 Å². The molecule has 1 fully saturated rings. The molecular weight excluding hydrogens is 264 g/mol. The summed E-state index contributed by atoms with van der Waals surface area (Å²) in [6, 6.07) is 0. The van der Waals surface area contributed by atoms with Crippen LogP contribution in [0.3, 0.4) is 0 Å². The maximum absolute atomic E-state index is 12.1. The van der Waals surface area contributed by atoms with Crippen molar-refractivity contribution < 1.29 is 9.59 Å². The lowest BCUT2D eigenvalue weighted by molar-refractivity contribution is -0.121. The normalized spacial score (nSPS) is 27.2. The van der Waals surface area contributed by atoms with Gasteiger partial charge in [-0.25, -0.2) is 4.99 Å². The van der Waals surface area contributed by atoms with Gasteiger partial charge in [0.15, 0.2) is 0 Å². The summed E-state index contributed by atoms with van der Waals surface area (Å²) in [5.74, 6) is 0.101. The lowest BCUT2D eigenvalue weighted by Gasteiger charge is -2.27. The smallest absolute Gasteiger partial charge is 0.249 e. The molecule has 0 aromatic rings. The number of carbonyl (C=O) groups is 2. The van der Waals surface area contributed by atoms with E-state index in [2.05, 4.69) is 10.3 Å². The zero-order chi connectivity index (χ0) is 14.8. The minimum absolute atomic E-state index is 0.0177. The SMILES string of the molecule is CCC1=CC(=O)NC2=CC(=NC(=O)C3CCCC3)C=CC12. The highest BCUT2D eigenvalue weighted by molar-refractivity contribution is 6.11. The summed E-state index contributed by atoms with van der Waals surface area (Å²) in [5, 5.41) is 2.86. The van der Waals surface area contributed by atoms with Gasteiger partial charge < -0.3 is 5.32 Å². The molecule has 21 heavy (non-hydrogen) atoms. The molecule has 2 aliphatic carbocycles. The number of fused-ring (bicyclic) bond motifs is 1. The predicted molar refractivity (Wildman–Crippen MR) is 81.6 cm³/mol. The second-order valence-corrected chi connectivity index (χ2v) is 5.85. The van der Waals surface area contributed by atoms with Gasteiger partial charge in [0, 0.05) is 23.6 Å². The number of rotatable bonds is 2. The molecule has 1 aliphatic heterocycles. The highest BCUT2D eigenvalue weighted by Crippen LogP contribution is 2.29. The van der Waals surface area contributed by atoms with Gasteiger partial charge in [-0.15, -0.1) is 0 Å². The Morgan fingerprint density at radius 2 is 2.10 bits per heavy atom. The zero-order valence-electron chi connectivity index (χ0n) is 12.3. The first-order chi connectivity index (χ1) is 10.2. The van der Waals surface area contributed by atoms with E-state index in [9.17, 15) is 9.59 Å². The summed E-state index contributed by atoms with van der Waals surface area (Å²) in [4.78, 5) is 28.0. The topological polar surface area (TPSA) is 58.5 Å². The van der Waals surface area contributed by atoms with Gasteiger partial charge in [-0.2, -0.15) is 0 Å². The van der Waals surface area contributed by atoms with Gasteiger partial charge in [-0.3, -0.25) is 9.59 Å². The van der Waals surface area contributed by atoms with Crippen LogP contribution in [0, 0.1) is 11.8 Å². The molecule has 3 aliphatic rings. The summed E-state index contributed by atoms with van der Waals surface area (Å²) in [5.41, 5.74) is 2.58. The van der Waals surface area contributed by atoms with E-state index in [1.54, 1.807) is 6.08 Å². The molecule has 1 saturated carbocycles. The minimum atomic E-state index is -0.0916. The first-order valence-corrected chi connectivity index (χ1v) is 7.71. The van der Waals surface area contributed by atoms with E-state index in [1.165, 1.54) is 0 Å². The second-order valence-electron chi connectivity index (χ2n) is 5.85. The molecule has 1 unspecified atom stereocenters. The standard InChI is InChI=1S/C17H20N2O2/c1-2-11-9-16(20)19-15-10-13(7-8-14(11)15)18-17(21)12-5-3-4-6-12/h7-10,12,14H,2-6H2,1H3,(H,19,20). The Morgan fingerprint density at radius 3 is 2.81 bits per heavy atom. The summed E-state index contributed by atoms with van der Waals surface area (Å²) in [6.07, 6.45) is 12.4. The van der Waals surface area contributed by atoms with Crippen molar-refractivity contribution in [1.29, 1.82) is 0 Å². The highest BCUT2D eigenvalue weighted by Gasteiger charge is 2.26. The average molecular weight is 284 g/mol. The maximum atomic E-state index is 12.1. The van der Waals surface area contributed by atoms with Gasteiger partial charge in [0.25, 0.3) is 0 Å². The van der Waals surface area contributed by atoms with Crippen LogP contribution in [0.4, 0.5) is 0 Å². The summed E-state index contributed by atoms with van der Waals surface area (Å²) in [7, 11) is 0. The summed E-state index contributed by atoms with van der Waals surface area (Å²) < 4.78 is 0. The number of nitrogens with one attached hydrogen (secondary N) is 1. The average Bonchev–Trinajstić information content (AvgIpc) is 3.00. The van der Waals surface area contributed by atoms with Crippen molar-refractivity contribution in [3.63, 3.8) is 0 Å². The third kappa shape index (κ3) is 2.89. The minimum Gasteiger partial charge on any atom is -0.325 e. The van der Waals surface area contributed by atoms with Crippen LogP contribution in [0.1, 0.15) is 39.0 Å². The van der Waals surface area contributed by atoms with Crippen molar-refractivity contribution in [2.24, 2.45) is 16.8 Å². The fourth-order valence-corrected chi connectivity index (χ4v) is 3.25. The van der Waals surface area contributed by atoms with Crippen LogP contribution < -0.4 is 5.32 Å². The van der Waals surface area contributed by atoms with Crippen molar-refractivity contribution >= 4 is 17.5 Å². The van der Waals surface area contributed by atoms with Crippen LogP contribution in [0.25, 0.3) is 0 Å². The van der Waals surface area contributed by atoms with E-state index >= 15 is 0 Å². The Hall–Kier alpha value is -1.97. The van der Waals surface area contributed by atoms with Crippen LogP contribution in [0.15, 0.2) is 40.6 Å². The fourth-order valence-electron chi connectivity index (χ4n) is 3.25. The second kappa shape index (κ2) is 5.80.